The topological polar surface area (TPSA) is 113 Å². The van der Waals surface area contributed by atoms with E-state index in [0.717, 1.165) is 24.2 Å². The highest BCUT2D eigenvalue weighted by Gasteiger charge is 2.52. The summed E-state index contributed by atoms with van der Waals surface area (Å²) < 4.78 is 23.2. The molecule has 3 rings (SSSR count). The van der Waals surface area contributed by atoms with E-state index < -0.39 is 32.9 Å². The molecule has 2 saturated heterocycles. The normalized spacial score (nSPS) is 31.3. The summed E-state index contributed by atoms with van der Waals surface area (Å²) in [7, 11) is -3.15. The predicted octanol–water partition coefficient (Wildman–Crippen LogP) is -0.0655. The van der Waals surface area contributed by atoms with E-state index in [4.69, 9.17) is 0 Å². The molecule has 1 saturated carbocycles. The van der Waals surface area contributed by atoms with Gasteiger partial charge >= 0.3 is 6.03 Å². The van der Waals surface area contributed by atoms with Gasteiger partial charge in [0.1, 0.15) is 12.1 Å². The number of carbonyl (C=O) groups excluding carboxylic acids is 3. The van der Waals surface area contributed by atoms with Crippen LogP contribution in [0.1, 0.15) is 45.4 Å². The first-order valence-electron chi connectivity index (χ1n) is 8.30. The molecule has 0 radical (unpaired) electrons. The molecule has 2 N–H and O–H groups in total. The Bertz CT molecular complexity index is 683. The van der Waals surface area contributed by atoms with Gasteiger partial charge in [-0.05, 0) is 26.2 Å². The quantitative estimate of drug-likeness (QED) is 0.687. The molecule has 134 valence electrons. The second-order valence-electron chi connectivity index (χ2n) is 7.42. The molecule has 0 aromatic carbocycles. The smallest absolute Gasteiger partial charge is 0.325 e. The number of sulfone groups is 1. The fourth-order valence-electron chi connectivity index (χ4n) is 3.94. The van der Waals surface area contributed by atoms with Crippen molar-refractivity contribution in [3.63, 3.8) is 0 Å². The minimum absolute atomic E-state index is 0.0377. The van der Waals surface area contributed by atoms with Gasteiger partial charge in [-0.15, -0.1) is 0 Å². The van der Waals surface area contributed by atoms with E-state index in [1.165, 1.54) is 0 Å². The number of nitrogens with zero attached hydrogens (tertiary/aromatic N) is 1. The Morgan fingerprint density at radius 1 is 1.21 bits per heavy atom. The summed E-state index contributed by atoms with van der Waals surface area (Å²) in [6, 6.07) is -0.541. The zero-order valence-electron chi connectivity index (χ0n) is 13.8. The number of hydrogen-bond acceptors (Lipinski definition) is 5. The van der Waals surface area contributed by atoms with Gasteiger partial charge in [0.2, 0.25) is 5.91 Å². The molecule has 3 aliphatic rings. The van der Waals surface area contributed by atoms with E-state index in [-0.39, 0.29) is 24.0 Å². The van der Waals surface area contributed by atoms with Gasteiger partial charge < -0.3 is 10.6 Å². The van der Waals surface area contributed by atoms with Crippen LogP contribution in [0.3, 0.4) is 0 Å². The van der Waals surface area contributed by atoms with Gasteiger partial charge in [-0.3, -0.25) is 14.5 Å². The van der Waals surface area contributed by atoms with Crippen molar-refractivity contribution in [3.05, 3.63) is 0 Å². The Balaban J connectivity index is 1.64. The van der Waals surface area contributed by atoms with Crippen LogP contribution in [0.25, 0.3) is 0 Å². The summed E-state index contributed by atoms with van der Waals surface area (Å²) in [5.41, 5.74) is -1.69. The molecule has 1 aliphatic carbocycles. The van der Waals surface area contributed by atoms with Gasteiger partial charge in [0.05, 0.1) is 17.0 Å². The minimum Gasteiger partial charge on any atom is -0.348 e. The van der Waals surface area contributed by atoms with E-state index in [1.54, 1.807) is 6.92 Å². The lowest BCUT2D eigenvalue weighted by molar-refractivity contribution is -0.136. The predicted molar refractivity (Wildman–Crippen MR) is 85.9 cm³/mol. The zero-order chi connectivity index (χ0) is 17.6. The SMILES string of the molecule is C[C@]1(NC(=O)CN2C(=O)NC3(CCCCC3)C2=O)CCS(=O)(=O)C1. The summed E-state index contributed by atoms with van der Waals surface area (Å²) in [6.07, 6.45) is 4.34. The monoisotopic (exact) mass is 357 g/mol. The van der Waals surface area contributed by atoms with Crippen molar-refractivity contribution in [3.8, 4) is 0 Å². The van der Waals surface area contributed by atoms with Crippen LogP contribution in [0.5, 0.6) is 0 Å². The Morgan fingerprint density at radius 2 is 1.88 bits per heavy atom. The number of imide groups is 1. The molecular formula is C15H23N3O5S. The second-order valence-corrected chi connectivity index (χ2v) is 9.60. The highest BCUT2D eigenvalue weighted by molar-refractivity contribution is 7.91. The highest BCUT2D eigenvalue weighted by atomic mass is 32.2. The number of urea groups is 1. The van der Waals surface area contributed by atoms with Crippen LogP contribution in [-0.2, 0) is 19.4 Å². The standard InChI is InChI=1S/C15H23N3O5S/c1-14(7-8-24(22,23)10-14)16-11(19)9-18-12(20)15(17-13(18)21)5-3-2-4-6-15/h2-10H2,1H3,(H,16,19)(H,17,21)/t14-/m0/s1. The third-order valence-electron chi connectivity index (χ3n) is 5.20. The van der Waals surface area contributed by atoms with Crippen LogP contribution in [0.2, 0.25) is 0 Å². The van der Waals surface area contributed by atoms with E-state index >= 15 is 0 Å². The Hall–Kier alpha value is -1.64. The average Bonchev–Trinajstić information content (AvgIpc) is 2.88. The van der Waals surface area contributed by atoms with Gasteiger partial charge in [-0.1, -0.05) is 19.3 Å². The first kappa shape index (κ1) is 17.2. The Labute approximate surface area is 141 Å². The molecule has 1 atom stereocenters. The first-order chi connectivity index (χ1) is 11.1. The molecule has 0 unspecified atom stereocenters. The van der Waals surface area contributed by atoms with Crippen molar-refractivity contribution in [1.82, 2.24) is 15.5 Å². The Morgan fingerprint density at radius 3 is 2.46 bits per heavy atom. The molecule has 3 fully saturated rings. The lowest BCUT2D eigenvalue weighted by Gasteiger charge is -2.30. The molecule has 8 nitrogen and oxygen atoms in total. The second kappa shape index (κ2) is 5.72. The lowest BCUT2D eigenvalue weighted by Crippen LogP contribution is -2.52. The molecule has 0 bridgehead atoms. The van der Waals surface area contributed by atoms with E-state index in [9.17, 15) is 22.8 Å². The number of carbonyl (C=O) groups is 3. The maximum Gasteiger partial charge on any atom is 0.325 e. The van der Waals surface area contributed by atoms with Gasteiger partial charge in [0, 0.05) is 0 Å². The van der Waals surface area contributed by atoms with Crippen LogP contribution >= 0.6 is 0 Å². The summed E-state index contributed by atoms with van der Waals surface area (Å²) in [4.78, 5) is 38.0. The number of nitrogens with one attached hydrogen (secondary N) is 2. The number of amides is 4. The minimum atomic E-state index is -3.15. The van der Waals surface area contributed by atoms with E-state index in [0.29, 0.717) is 19.3 Å². The summed E-state index contributed by atoms with van der Waals surface area (Å²) in [5.74, 6) is -0.927. The molecule has 24 heavy (non-hydrogen) atoms. The van der Waals surface area contributed by atoms with Crippen molar-refractivity contribution in [2.24, 2.45) is 0 Å². The average molecular weight is 357 g/mol. The largest absolute Gasteiger partial charge is 0.348 e. The summed E-state index contributed by atoms with van der Waals surface area (Å²) in [6.45, 7) is 1.30. The maximum atomic E-state index is 12.6. The van der Waals surface area contributed by atoms with Crippen LogP contribution in [0.4, 0.5) is 4.79 Å². The fraction of sp³-hybridized carbons (Fsp3) is 0.800. The molecule has 2 aliphatic heterocycles. The van der Waals surface area contributed by atoms with Gasteiger partial charge in [-0.2, -0.15) is 0 Å². The fourth-order valence-corrected chi connectivity index (χ4v) is 6.04. The van der Waals surface area contributed by atoms with E-state index in [1.807, 2.05) is 0 Å². The molecule has 0 aromatic rings. The third kappa shape index (κ3) is 3.13. The van der Waals surface area contributed by atoms with Gasteiger partial charge in [0.25, 0.3) is 5.91 Å². The zero-order valence-corrected chi connectivity index (χ0v) is 14.6. The number of rotatable bonds is 3. The molecule has 0 aromatic heterocycles. The molecule has 4 amide bonds. The lowest BCUT2D eigenvalue weighted by atomic mass is 9.82. The van der Waals surface area contributed by atoms with Crippen molar-refractivity contribution >= 4 is 27.7 Å². The Kier molecular flexibility index (Phi) is 4.09. The van der Waals surface area contributed by atoms with Crippen molar-refractivity contribution in [2.45, 2.75) is 56.5 Å². The van der Waals surface area contributed by atoms with Crippen molar-refractivity contribution in [1.29, 1.82) is 0 Å². The highest BCUT2D eigenvalue weighted by Crippen LogP contribution is 2.33. The van der Waals surface area contributed by atoms with Crippen LogP contribution in [0, 0.1) is 0 Å². The van der Waals surface area contributed by atoms with Gasteiger partial charge in [0.15, 0.2) is 9.84 Å². The van der Waals surface area contributed by atoms with Crippen molar-refractivity contribution < 1.29 is 22.8 Å². The van der Waals surface area contributed by atoms with Crippen molar-refractivity contribution in [2.75, 3.05) is 18.1 Å². The first-order valence-corrected chi connectivity index (χ1v) is 10.1. The summed E-state index contributed by atoms with van der Waals surface area (Å²) >= 11 is 0. The molecular weight excluding hydrogens is 334 g/mol. The van der Waals surface area contributed by atoms with Gasteiger partial charge in [-0.25, -0.2) is 13.2 Å². The third-order valence-corrected chi connectivity index (χ3v) is 7.10. The number of hydrogen-bond donors (Lipinski definition) is 2. The maximum absolute atomic E-state index is 12.6. The molecule has 2 heterocycles. The molecule has 1 spiro atoms. The molecule has 9 heteroatoms. The van der Waals surface area contributed by atoms with Crippen LogP contribution in [-0.4, -0.2) is 60.3 Å². The summed E-state index contributed by atoms with van der Waals surface area (Å²) in [5, 5.41) is 5.43. The van der Waals surface area contributed by atoms with Crippen LogP contribution < -0.4 is 10.6 Å². The van der Waals surface area contributed by atoms with Crippen LogP contribution in [0.15, 0.2) is 0 Å². The van der Waals surface area contributed by atoms with E-state index in [2.05, 4.69) is 10.6 Å².